The SMILES string of the molecule is CCCN(CCC)Cc1ccccc1CCNCC(C)C. The first kappa shape index (κ1) is 18.2. The van der Waals surface area contributed by atoms with E-state index in [-0.39, 0.29) is 0 Å². The van der Waals surface area contributed by atoms with Gasteiger partial charge in [0.1, 0.15) is 0 Å². The average molecular weight is 290 g/mol. The molecule has 0 bridgehead atoms. The van der Waals surface area contributed by atoms with Gasteiger partial charge in [0.05, 0.1) is 0 Å². The zero-order chi connectivity index (χ0) is 15.5. The smallest absolute Gasteiger partial charge is 0.0236 e. The zero-order valence-electron chi connectivity index (χ0n) is 14.5. The first-order chi connectivity index (χ1) is 10.2. The van der Waals surface area contributed by atoms with Crippen LogP contribution < -0.4 is 5.32 Å². The van der Waals surface area contributed by atoms with Crippen LogP contribution in [0, 0.1) is 5.92 Å². The predicted octanol–water partition coefficient (Wildman–Crippen LogP) is 4.10. The summed E-state index contributed by atoms with van der Waals surface area (Å²) in [6.07, 6.45) is 3.60. The topological polar surface area (TPSA) is 15.3 Å². The summed E-state index contributed by atoms with van der Waals surface area (Å²) in [5.41, 5.74) is 3.01. The highest BCUT2D eigenvalue weighted by atomic mass is 15.1. The lowest BCUT2D eigenvalue weighted by Crippen LogP contribution is -2.26. The van der Waals surface area contributed by atoms with Crippen LogP contribution in [0.3, 0.4) is 0 Å². The minimum Gasteiger partial charge on any atom is -0.316 e. The molecule has 1 aromatic rings. The lowest BCUT2D eigenvalue weighted by molar-refractivity contribution is 0.266. The van der Waals surface area contributed by atoms with Gasteiger partial charge in [0.2, 0.25) is 0 Å². The molecule has 120 valence electrons. The van der Waals surface area contributed by atoms with Crippen LogP contribution in [0.2, 0.25) is 0 Å². The van der Waals surface area contributed by atoms with Gasteiger partial charge >= 0.3 is 0 Å². The number of benzene rings is 1. The molecule has 1 aromatic carbocycles. The fraction of sp³-hybridized carbons (Fsp3) is 0.684. The van der Waals surface area contributed by atoms with Crippen molar-refractivity contribution in [1.29, 1.82) is 0 Å². The van der Waals surface area contributed by atoms with Gasteiger partial charge in [-0.25, -0.2) is 0 Å². The van der Waals surface area contributed by atoms with Gasteiger partial charge in [-0.1, -0.05) is 52.0 Å². The molecular weight excluding hydrogens is 256 g/mol. The summed E-state index contributed by atoms with van der Waals surface area (Å²) in [4.78, 5) is 2.58. The fourth-order valence-corrected chi connectivity index (χ4v) is 2.71. The van der Waals surface area contributed by atoms with Crippen LogP contribution >= 0.6 is 0 Å². The minimum absolute atomic E-state index is 0.727. The van der Waals surface area contributed by atoms with Crippen LogP contribution in [-0.4, -0.2) is 31.1 Å². The predicted molar refractivity (Wildman–Crippen MR) is 93.7 cm³/mol. The summed E-state index contributed by atoms with van der Waals surface area (Å²) in [6.45, 7) is 14.7. The van der Waals surface area contributed by atoms with E-state index in [9.17, 15) is 0 Å². The Kier molecular flexibility index (Phi) is 9.36. The molecule has 0 saturated heterocycles. The molecule has 0 spiro atoms. The van der Waals surface area contributed by atoms with E-state index in [0.29, 0.717) is 0 Å². The van der Waals surface area contributed by atoms with Crippen molar-refractivity contribution < 1.29 is 0 Å². The summed E-state index contributed by atoms with van der Waals surface area (Å²) >= 11 is 0. The molecule has 0 aromatic heterocycles. The molecule has 0 saturated carbocycles. The molecular formula is C19H34N2. The molecule has 1 N–H and O–H groups in total. The number of hydrogen-bond acceptors (Lipinski definition) is 2. The van der Waals surface area contributed by atoms with E-state index in [1.54, 1.807) is 0 Å². The van der Waals surface area contributed by atoms with Crippen molar-refractivity contribution in [2.45, 2.75) is 53.5 Å². The third-order valence-electron chi connectivity index (χ3n) is 3.72. The molecule has 0 unspecified atom stereocenters. The molecule has 0 heterocycles. The molecule has 0 fully saturated rings. The standard InChI is InChI=1S/C19H34N2/c1-5-13-21(14-6-2)16-19-10-8-7-9-18(19)11-12-20-15-17(3)4/h7-10,17,20H,5-6,11-16H2,1-4H3. The van der Waals surface area contributed by atoms with Gasteiger partial charge in [0, 0.05) is 6.54 Å². The van der Waals surface area contributed by atoms with Crippen LogP contribution in [0.5, 0.6) is 0 Å². The Morgan fingerprint density at radius 2 is 1.62 bits per heavy atom. The second kappa shape index (κ2) is 10.8. The molecule has 0 aliphatic carbocycles. The van der Waals surface area contributed by atoms with Gasteiger partial charge in [0.15, 0.2) is 0 Å². The highest BCUT2D eigenvalue weighted by molar-refractivity contribution is 5.27. The van der Waals surface area contributed by atoms with Crippen molar-refractivity contribution in [2.75, 3.05) is 26.2 Å². The summed E-state index contributed by atoms with van der Waals surface area (Å²) in [7, 11) is 0. The van der Waals surface area contributed by atoms with Gasteiger partial charge in [-0.2, -0.15) is 0 Å². The molecule has 0 aliphatic rings. The maximum atomic E-state index is 3.55. The van der Waals surface area contributed by atoms with Crippen molar-refractivity contribution in [3.8, 4) is 0 Å². The fourth-order valence-electron chi connectivity index (χ4n) is 2.71. The van der Waals surface area contributed by atoms with E-state index in [4.69, 9.17) is 0 Å². The third kappa shape index (κ3) is 7.63. The van der Waals surface area contributed by atoms with Gasteiger partial charge in [-0.05, 0) is 62.5 Å². The Labute approximate surface area is 131 Å². The molecule has 1 rings (SSSR count). The van der Waals surface area contributed by atoms with E-state index in [2.05, 4.69) is 62.2 Å². The Hall–Kier alpha value is -0.860. The second-order valence-electron chi connectivity index (χ2n) is 6.39. The number of hydrogen-bond donors (Lipinski definition) is 1. The van der Waals surface area contributed by atoms with Crippen molar-refractivity contribution in [3.63, 3.8) is 0 Å². The van der Waals surface area contributed by atoms with Crippen molar-refractivity contribution >= 4 is 0 Å². The lowest BCUT2D eigenvalue weighted by atomic mass is 10.0. The maximum Gasteiger partial charge on any atom is 0.0236 e. The Balaban J connectivity index is 2.56. The van der Waals surface area contributed by atoms with E-state index in [0.717, 1.165) is 32.0 Å². The first-order valence-electron chi connectivity index (χ1n) is 8.67. The summed E-state index contributed by atoms with van der Waals surface area (Å²) in [5.74, 6) is 0.727. The van der Waals surface area contributed by atoms with Crippen molar-refractivity contribution in [2.24, 2.45) is 5.92 Å². The normalized spacial score (nSPS) is 11.5. The quantitative estimate of drug-likeness (QED) is 0.617. The molecule has 2 nitrogen and oxygen atoms in total. The number of rotatable bonds is 11. The zero-order valence-corrected chi connectivity index (χ0v) is 14.5. The summed E-state index contributed by atoms with van der Waals surface area (Å²) < 4.78 is 0. The first-order valence-corrected chi connectivity index (χ1v) is 8.67. The molecule has 21 heavy (non-hydrogen) atoms. The molecule has 0 aliphatic heterocycles. The molecule has 0 radical (unpaired) electrons. The minimum atomic E-state index is 0.727. The van der Waals surface area contributed by atoms with Crippen molar-refractivity contribution in [3.05, 3.63) is 35.4 Å². The van der Waals surface area contributed by atoms with E-state index in [1.165, 1.54) is 37.1 Å². The Bertz CT molecular complexity index is 368. The summed E-state index contributed by atoms with van der Waals surface area (Å²) in [6, 6.07) is 8.94. The van der Waals surface area contributed by atoms with Crippen molar-refractivity contribution in [1.82, 2.24) is 10.2 Å². The van der Waals surface area contributed by atoms with E-state index >= 15 is 0 Å². The molecule has 0 atom stereocenters. The van der Waals surface area contributed by atoms with Crippen LogP contribution in [0.4, 0.5) is 0 Å². The highest BCUT2D eigenvalue weighted by Crippen LogP contribution is 2.13. The summed E-state index contributed by atoms with van der Waals surface area (Å²) in [5, 5.41) is 3.55. The van der Waals surface area contributed by atoms with Gasteiger partial charge < -0.3 is 5.32 Å². The molecule has 0 amide bonds. The monoisotopic (exact) mass is 290 g/mol. The number of nitrogens with one attached hydrogen (secondary N) is 1. The van der Waals surface area contributed by atoms with Crippen LogP contribution in [0.15, 0.2) is 24.3 Å². The van der Waals surface area contributed by atoms with Gasteiger partial charge in [0.25, 0.3) is 0 Å². The van der Waals surface area contributed by atoms with Gasteiger partial charge in [-0.15, -0.1) is 0 Å². The third-order valence-corrected chi connectivity index (χ3v) is 3.72. The van der Waals surface area contributed by atoms with Crippen LogP contribution in [0.25, 0.3) is 0 Å². The molecule has 2 heteroatoms. The lowest BCUT2D eigenvalue weighted by Gasteiger charge is -2.22. The average Bonchev–Trinajstić information content (AvgIpc) is 2.45. The Morgan fingerprint density at radius 3 is 2.19 bits per heavy atom. The Morgan fingerprint density at radius 1 is 1.00 bits per heavy atom. The van der Waals surface area contributed by atoms with Crippen LogP contribution in [0.1, 0.15) is 51.7 Å². The second-order valence-corrected chi connectivity index (χ2v) is 6.39. The van der Waals surface area contributed by atoms with Crippen LogP contribution in [-0.2, 0) is 13.0 Å². The number of nitrogens with zero attached hydrogens (tertiary/aromatic N) is 1. The van der Waals surface area contributed by atoms with E-state index in [1.807, 2.05) is 0 Å². The van der Waals surface area contributed by atoms with Gasteiger partial charge in [-0.3, -0.25) is 4.90 Å². The van der Waals surface area contributed by atoms with E-state index < -0.39 is 0 Å². The highest BCUT2D eigenvalue weighted by Gasteiger charge is 2.07. The maximum absolute atomic E-state index is 3.55. The largest absolute Gasteiger partial charge is 0.316 e.